The first-order valence-corrected chi connectivity index (χ1v) is 12.2. The molecular formula is C19H24N6O3S2. The molecule has 9 nitrogen and oxygen atoms in total. The molecule has 160 valence electrons. The van der Waals surface area contributed by atoms with Gasteiger partial charge in [-0.05, 0) is 45.1 Å². The third-order valence-corrected chi connectivity index (χ3v) is 8.63. The number of carbonyl (C=O) groups is 1. The lowest BCUT2D eigenvalue weighted by molar-refractivity contribution is -0.120. The van der Waals surface area contributed by atoms with Gasteiger partial charge >= 0.3 is 0 Å². The van der Waals surface area contributed by atoms with E-state index in [9.17, 15) is 18.5 Å². The molecule has 2 aromatic rings. The molecule has 3 heterocycles. The van der Waals surface area contributed by atoms with Gasteiger partial charge in [0.1, 0.15) is 17.1 Å². The van der Waals surface area contributed by atoms with Crippen LogP contribution in [-0.2, 0) is 34.4 Å². The molecule has 2 atom stereocenters. The Labute approximate surface area is 179 Å². The van der Waals surface area contributed by atoms with Crippen LogP contribution in [0.3, 0.4) is 0 Å². The van der Waals surface area contributed by atoms with E-state index < -0.39 is 28.2 Å². The number of nitrogens with zero attached hydrogens (tertiary/aromatic N) is 4. The van der Waals surface area contributed by atoms with Gasteiger partial charge in [0.05, 0.1) is 17.3 Å². The van der Waals surface area contributed by atoms with Gasteiger partial charge in [-0.15, -0.1) is 11.3 Å². The molecule has 2 N–H and O–H groups in total. The van der Waals surface area contributed by atoms with Gasteiger partial charge in [0, 0.05) is 30.2 Å². The lowest BCUT2D eigenvalue weighted by atomic mass is 10.00. The molecular weight excluding hydrogens is 424 g/mol. The topological polar surface area (TPSA) is 120 Å². The van der Waals surface area contributed by atoms with Crippen molar-refractivity contribution in [1.29, 1.82) is 5.26 Å². The summed E-state index contributed by atoms with van der Waals surface area (Å²) in [6.45, 7) is 4.45. The Kier molecular flexibility index (Phi) is 5.44. The van der Waals surface area contributed by atoms with Gasteiger partial charge in [-0.3, -0.25) is 9.48 Å². The largest absolute Gasteiger partial charge is 0.315 e. The minimum atomic E-state index is -3.85. The zero-order valence-electron chi connectivity index (χ0n) is 17.1. The fourth-order valence-electron chi connectivity index (χ4n) is 4.16. The van der Waals surface area contributed by atoms with Crippen LogP contribution in [0.4, 0.5) is 5.00 Å². The lowest BCUT2D eigenvalue weighted by Gasteiger charge is -2.35. The highest BCUT2D eigenvalue weighted by atomic mass is 32.2. The first-order chi connectivity index (χ1) is 14.2. The SMILES string of the molecule is CCn1cc([C@@H]2C[C@H](C(=O)Nc3sc4c(c3C#N)CCC4)N(C)S(=O)(=O)N2)c(C)n1. The number of thiophene rings is 1. The van der Waals surface area contributed by atoms with Gasteiger partial charge in [-0.25, -0.2) is 0 Å². The second-order valence-electron chi connectivity index (χ2n) is 7.63. The van der Waals surface area contributed by atoms with Crippen molar-refractivity contribution in [2.45, 2.75) is 58.2 Å². The van der Waals surface area contributed by atoms with Crippen molar-refractivity contribution >= 4 is 32.5 Å². The van der Waals surface area contributed by atoms with Crippen LogP contribution in [0, 0.1) is 18.3 Å². The van der Waals surface area contributed by atoms with Gasteiger partial charge in [0.25, 0.3) is 10.2 Å². The Bertz CT molecular complexity index is 1140. The number of likely N-dealkylation sites (N-methyl/N-ethyl adjacent to an activating group) is 1. The molecule has 1 aliphatic carbocycles. The lowest BCUT2D eigenvalue weighted by Crippen LogP contribution is -2.56. The highest BCUT2D eigenvalue weighted by Crippen LogP contribution is 2.39. The summed E-state index contributed by atoms with van der Waals surface area (Å²) in [5.74, 6) is -0.426. The van der Waals surface area contributed by atoms with Crippen molar-refractivity contribution in [1.82, 2.24) is 18.8 Å². The van der Waals surface area contributed by atoms with Crippen molar-refractivity contribution in [2.75, 3.05) is 12.4 Å². The summed E-state index contributed by atoms with van der Waals surface area (Å²) in [6, 6.07) is 0.759. The second kappa shape index (κ2) is 7.77. The van der Waals surface area contributed by atoms with E-state index in [2.05, 4.69) is 21.2 Å². The fraction of sp³-hybridized carbons (Fsp3) is 0.526. The summed E-state index contributed by atoms with van der Waals surface area (Å²) in [7, 11) is -2.45. The minimum Gasteiger partial charge on any atom is -0.315 e. The molecule has 0 saturated carbocycles. The Morgan fingerprint density at radius 1 is 1.47 bits per heavy atom. The molecule has 0 radical (unpaired) electrons. The number of fused-ring (bicyclic) bond motifs is 1. The number of anilines is 1. The van der Waals surface area contributed by atoms with E-state index >= 15 is 0 Å². The average molecular weight is 449 g/mol. The predicted octanol–water partition coefficient (Wildman–Crippen LogP) is 1.85. The predicted molar refractivity (Wildman–Crippen MR) is 113 cm³/mol. The van der Waals surface area contributed by atoms with E-state index in [1.165, 1.54) is 18.4 Å². The summed E-state index contributed by atoms with van der Waals surface area (Å²) in [6.07, 6.45) is 4.86. The van der Waals surface area contributed by atoms with Crippen molar-refractivity contribution in [2.24, 2.45) is 0 Å². The minimum absolute atomic E-state index is 0.269. The maximum atomic E-state index is 13.1. The van der Waals surface area contributed by atoms with Crippen LogP contribution in [0.2, 0.25) is 0 Å². The summed E-state index contributed by atoms with van der Waals surface area (Å²) in [4.78, 5) is 14.2. The fourth-order valence-corrected chi connectivity index (χ4v) is 6.66. The number of rotatable bonds is 4. The van der Waals surface area contributed by atoms with Gasteiger partial charge in [0.2, 0.25) is 5.91 Å². The number of amides is 1. The molecule has 2 aliphatic rings. The molecule has 0 unspecified atom stereocenters. The summed E-state index contributed by atoms with van der Waals surface area (Å²) < 4.78 is 30.9. The standard InChI is InChI=1S/C19H24N6O3S2/c1-4-25-10-14(11(2)22-25)15-8-16(24(3)30(27,28)23-15)18(26)21-19-13(9-20)12-6-5-7-17(12)29-19/h10,15-16,23H,4-8H2,1-3H3,(H,21,26)/t15-,16+/m0/s1. The molecule has 0 aromatic carbocycles. The molecule has 11 heteroatoms. The number of aryl methyl sites for hydroxylation is 3. The molecule has 30 heavy (non-hydrogen) atoms. The van der Waals surface area contributed by atoms with Crippen LogP contribution in [0.5, 0.6) is 0 Å². The number of hydrogen-bond donors (Lipinski definition) is 2. The zero-order chi connectivity index (χ0) is 21.6. The average Bonchev–Trinajstić information content (AvgIpc) is 3.37. The van der Waals surface area contributed by atoms with Crippen LogP contribution in [0.25, 0.3) is 0 Å². The van der Waals surface area contributed by atoms with Gasteiger partial charge < -0.3 is 5.32 Å². The van der Waals surface area contributed by atoms with E-state index in [0.29, 0.717) is 17.1 Å². The normalized spacial score (nSPS) is 23.1. The van der Waals surface area contributed by atoms with Gasteiger partial charge in [-0.1, -0.05) is 0 Å². The molecule has 0 bridgehead atoms. The van der Waals surface area contributed by atoms with Crippen LogP contribution >= 0.6 is 11.3 Å². The second-order valence-corrected chi connectivity index (χ2v) is 10.5. The number of nitriles is 1. The van der Waals surface area contributed by atoms with Crippen molar-refractivity contribution < 1.29 is 13.2 Å². The van der Waals surface area contributed by atoms with Crippen LogP contribution < -0.4 is 10.0 Å². The smallest absolute Gasteiger partial charge is 0.280 e. The Balaban J connectivity index is 1.61. The van der Waals surface area contributed by atoms with E-state index in [-0.39, 0.29) is 6.42 Å². The van der Waals surface area contributed by atoms with Gasteiger partial charge in [-0.2, -0.15) is 27.8 Å². The number of carbonyl (C=O) groups excluding carboxylic acids is 1. The number of aromatic nitrogens is 2. The molecule has 1 aliphatic heterocycles. The first-order valence-electron chi connectivity index (χ1n) is 9.89. The Morgan fingerprint density at radius 3 is 2.90 bits per heavy atom. The molecule has 1 saturated heterocycles. The van der Waals surface area contributed by atoms with E-state index in [1.54, 1.807) is 4.68 Å². The Hall–Kier alpha value is -2.26. The molecule has 1 fully saturated rings. The van der Waals surface area contributed by atoms with E-state index in [0.717, 1.165) is 45.3 Å². The summed E-state index contributed by atoms with van der Waals surface area (Å²) >= 11 is 1.42. The Morgan fingerprint density at radius 2 is 2.23 bits per heavy atom. The van der Waals surface area contributed by atoms with Crippen LogP contribution in [0.1, 0.15) is 53.1 Å². The third kappa shape index (κ3) is 3.54. The van der Waals surface area contributed by atoms with Crippen molar-refractivity contribution in [3.63, 3.8) is 0 Å². The van der Waals surface area contributed by atoms with Crippen LogP contribution in [-0.4, -0.2) is 41.5 Å². The third-order valence-electron chi connectivity index (χ3n) is 5.82. The maximum absolute atomic E-state index is 13.1. The highest BCUT2D eigenvalue weighted by Gasteiger charge is 2.42. The van der Waals surface area contributed by atoms with Crippen LogP contribution in [0.15, 0.2) is 6.20 Å². The molecule has 4 rings (SSSR count). The summed E-state index contributed by atoms with van der Waals surface area (Å²) in [5.41, 5.74) is 3.02. The van der Waals surface area contributed by atoms with E-state index in [1.807, 2.05) is 20.0 Å². The molecule has 0 spiro atoms. The molecule has 1 amide bonds. The maximum Gasteiger partial charge on any atom is 0.280 e. The van der Waals surface area contributed by atoms with Crippen molar-refractivity contribution in [3.05, 3.63) is 33.5 Å². The number of nitrogens with one attached hydrogen (secondary N) is 2. The first kappa shape index (κ1) is 21.0. The van der Waals surface area contributed by atoms with Crippen molar-refractivity contribution in [3.8, 4) is 6.07 Å². The highest BCUT2D eigenvalue weighted by molar-refractivity contribution is 7.87. The monoisotopic (exact) mass is 448 g/mol. The zero-order valence-corrected chi connectivity index (χ0v) is 18.7. The quantitative estimate of drug-likeness (QED) is 0.740. The number of hydrogen-bond acceptors (Lipinski definition) is 6. The van der Waals surface area contributed by atoms with Gasteiger partial charge in [0.15, 0.2) is 0 Å². The van der Waals surface area contributed by atoms with E-state index in [4.69, 9.17) is 0 Å². The summed E-state index contributed by atoms with van der Waals surface area (Å²) in [5, 5.41) is 17.3. The molecule has 2 aromatic heterocycles.